The molecule has 1 heterocycles. The third-order valence-corrected chi connectivity index (χ3v) is 2.42. The van der Waals surface area contributed by atoms with Crippen molar-refractivity contribution in [3.05, 3.63) is 12.2 Å². The summed E-state index contributed by atoms with van der Waals surface area (Å²) >= 11 is 0. The van der Waals surface area contributed by atoms with Gasteiger partial charge in [-0.25, -0.2) is 4.79 Å². The molecule has 7 nitrogen and oxygen atoms in total. The molecule has 0 aliphatic carbocycles. The number of rotatable bonds is 3. The minimum atomic E-state index is -1.59. The molecule has 4 N–H and O–H groups in total. The van der Waals surface area contributed by atoms with Crippen molar-refractivity contribution in [3.8, 4) is 0 Å². The van der Waals surface area contributed by atoms with Crippen molar-refractivity contribution in [2.45, 2.75) is 37.6 Å². The van der Waals surface area contributed by atoms with E-state index in [1.807, 2.05) is 0 Å². The van der Waals surface area contributed by atoms with Gasteiger partial charge in [-0.05, 0) is 6.92 Å². The Morgan fingerprint density at radius 3 is 2.35 bits per heavy atom. The highest BCUT2D eigenvalue weighted by Gasteiger charge is 2.45. The maximum absolute atomic E-state index is 11.2. The van der Waals surface area contributed by atoms with Gasteiger partial charge in [0.05, 0.1) is 6.61 Å². The van der Waals surface area contributed by atoms with Gasteiger partial charge < -0.3 is 29.9 Å². The van der Waals surface area contributed by atoms with Crippen LogP contribution in [0.2, 0.25) is 0 Å². The molecule has 1 rings (SSSR count). The average molecular weight is 248 g/mol. The van der Waals surface area contributed by atoms with Gasteiger partial charge in [0, 0.05) is 5.57 Å². The molecule has 0 spiro atoms. The number of aliphatic hydroxyl groups is 4. The van der Waals surface area contributed by atoms with E-state index in [0.717, 1.165) is 0 Å². The summed E-state index contributed by atoms with van der Waals surface area (Å²) in [5, 5.41) is 37.3. The predicted octanol–water partition coefficient (Wildman–Crippen LogP) is -2.09. The van der Waals surface area contributed by atoms with E-state index in [0.29, 0.717) is 0 Å². The molecule has 0 aromatic heterocycles. The minimum Gasteiger partial charge on any atom is -0.429 e. The van der Waals surface area contributed by atoms with Crippen molar-refractivity contribution < 1.29 is 34.7 Å². The molecule has 1 fully saturated rings. The van der Waals surface area contributed by atoms with Crippen LogP contribution >= 0.6 is 0 Å². The molecule has 17 heavy (non-hydrogen) atoms. The van der Waals surface area contributed by atoms with Crippen molar-refractivity contribution in [2.75, 3.05) is 6.61 Å². The van der Waals surface area contributed by atoms with Crippen molar-refractivity contribution in [2.24, 2.45) is 0 Å². The van der Waals surface area contributed by atoms with Crippen LogP contribution in [-0.2, 0) is 14.3 Å². The summed E-state index contributed by atoms with van der Waals surface area (Å²) in [6.07, 6.45) is -7.18. The molecule has 0 radical (unpaired) electrons. The highest BCUT2D eigenvalue weighted by atomic mass is 16.7. The zero-order valence-corrected chi connectivity index (χ0v) is 9.31. The van der Waals surface area contributed by atoms with Gasteiger partial charge in [-0.3, -0.25) is 0 Å². The van der Waals surface area contributed by atoms with E-state index in [2.05, 4.69) is 6.58 Å². The monoisotopic (exact) mass is 248 g/mol. The second-order valence-electron chi connectivity index (χ2n) is 3.88. The standard InChI is InChI=1S/C10H16O7/c1-4(2)9(15)17-10-8(14)7(13)6(12)5(3-11)16-10/h5-8,10-14H,1,3H2,2H3/t5-,6-,7+,8-,10?/m1/s1. The first-order valence-corrected chi connectivity index (χ1v) is 5.05. The first-order chi connectivity index (χ1) is 7.88. The molecule has 1 unspecified atom stereocenters. The van der Waals surface area contributed by atoms with Crippen molar-refractivity contribution in [3.63, 3.8) is 0 Å². The zero-order valence-electron chi connectivity index (χ0n) is 9.31. The number of hydrogen-bond acceptors (Lipinski definition) is 7. The van der Waals surface area contributed by atoms with E-state index in [4.69, 9.17) is 14.6 Å². The number of carbonyl (C=O) groups is 1. The fourth-order valence-electron chi connectivity index (χ4n) is 1.37. The van der Waals surface area contributed by atoms with Crippen LogP contribution in [0.15, 0.2) is 12.2 Å². The van der Waals surface area contributed by atoms with Crippen LogP contribution in [0.25, 0.3) is 0 Å². The number of aliphatic hydroxyl groups excluding tert-OH is 4. The molecule has 7 heteroatoms. The predicted molar refractivity (Wildman–Crippen MR) is 54.7 cm³/mol. The number of esters is 1. The lowest BCUT2D eigenvalue weighted by Crippen LogP contribution is -2.59. The SMILES string of the molecule is C=C(C)C(=O)OC1O[C@H](CO)[C@@H](O)[C@H](O)[C@H]1O. The Hall–Kier alpha value is -0.990. The van der Waals surface area contributed by atoms with E-state index in [9.17, 15) is 20.1 Å². The van der Waals surface area contributed by atoms with Gasteiger partial charge in [-0.1, -0.05) is 6.58 Å². The van der Waals surface area contributed by atoms with Crippen molar-refractivity contribution in [1.29, 1.82) is 0 Å². The molecule has 5 atom stereocenters. The van der Waals surface area contributed by atoms with Gasteiger partial charge in [-0.15, -0.1) is 0 Å². The second kappa shape index (κ2) is 5.56. The van der Waals surface area contributed by atoms with Gasteiger partial charge in [-0.2, -0.15) is 0 Å². The molecule has 0 aromatic carbocycles. The van der Waals surface area contributed by atoms with E-state index >= 15 is 0 Å². The minimum absolute atomic E-state index is 0.0990. The van der Waals surface area contributed by atoms with Crippen LogP contribution in [0.3, 0.4) is 0 Å². The van der Waals surface area contributed by atoms with Crippen LogP contribution in [0.4, 0.5) is 0 Å². The molecular weight excluding hydrogens is 232 g/mol. The summed E-state index contributed by atoms with van der Waals surface area (Å²) in [5.41, 5.74) is 0.0990. The van der Waals surface area contributed by atoms with E-state index in [1.165, 1.54) is 6.92 Å². The third kappa shape index (κ3) is 3.02. The van der Waals surface area contributed by atoms with E-state index in [1.54, 1.807) is 0 Å². The summed E-state index contributed by atoms with van der Waals surface area (Å²) < 4.78 is 9.68. The molecule has 1 aliphatic rings. The number of hydrogen-bond donors (Lipinski definition) is 4. The average Bonchev–Trinajstić information content (AvgIpc) is 2.29. The maximum Gasteiger partial charge on any atom is 0.335 e. The van der Waals surface area contributed by atoms with Crippen LogP contribution in [-0.4, -0.2) is 63.7 Å². The normalized spacial score (nSPS) is 37.6. The molecule has 1 aliphatic heterocycles. The van der Waals surface area contributed by atoms with E-state index < -0.39 is 43.3 Å². The fraction of sp³-hybridized carbons (Fsp3) is 0.700. The van der Waals surface area contributed by atoms with Crippen LogP contribution < -0.4 is 0 Å². The smallest absolute Gasteiger partial charge is 0.335 e. The number of ether oxygens (including phenoxy) is 2. The number of carbonyl (C=O) groups excluding carboxylic acids is 1. The Morgan fingerprint density at radius 1 is 1.29 bits per heavy atom. The molecular formula is C10H16O7. The van der Waals surface area contributed by atoms with Gasteiger partial charge in [0.15, 0.2) is 0 Å². The second-order valence-corrected chi connectivity index (χ2v) is 3.88. The first-order valence-electron chi connectivity index (χ1n) is 5.05. The fourth-order valence-corrected chi connectivity index (χ4v) is 1.37. The summed E-state index contributed by atoms with van der Waals surface area (Å²) in [7, 11) is 0. The Morgan fingerprint density at radius 2 is 1.88 bits per heavy atom. The third-order valence-electron chi connectivity index (χ3n) is 2.42. The zero-order chi connectivity index (χ0) is 13.2. The molecule has 0 bridgehead atoms. The topological polar surface area (TPSA) is 116 Å². The molecule has 0 saturated carbocycles. The summed E-state index contributed by atoms with van der Waals surface area (Å²) in [5.74, 6) is -0.797. The first kappa shape index (κ1) is 14.1. The molecule has 0 amide bonds. The van der Waals surface area contributed by atoms with Crippen LogP contribution in [0, 0.1) is 0 Å². The quantitative estimate of drug-likeness (QED) is 0.334. The maximum atomic E-state index is 11.2. The summed E-state index contributed by atoms with van der Waals surface area (Å²) in [4.78, 5) is 11.2. The lowest BCUT2D eigenvalue weighted by atomic mass is 9.99. The highest BCUT2D eigenvalue weighted by molar-refractivity contribution is 5.87. The van der Waals surface area contributed by atoms with Gasteiger partial charge in [0.25, 0.3) is 0 Å². The Bertz CT molecular complexity index is 301. The van der Waals surface area contributed by atoms with Crippen LogP contribution in [0.5, 0.6) is 0 Å². The van der Waals surface area contributed by atoms with Gasteiger partial charge in [0.1, 0.15) is 24.4 Å². The van der Waals surface area contributed by atoms with Gasteiger partial charge >= 0.3 is 5.97 Å². The lowest BCUT2D eigenvalue weighted by molar-refractivity contribution is -0.291. The molecule has 0 aromatic rings. The largest absolute Gasteiger partial charge is 0.429 e. The molecule has 98 valence electrons. The highest BCUT2D eigenvalue weighted by Crippen LogP contribution is 2.22. The van der Waals surface area contributed by atoms with Crippen LogP contribution in [0.1, 0.15) is 6.92 Å². The summed E-state index contributed by atoms with van der Waals surface area (Å²) in [6.45, 7) is 4.18. The van der Waals surface area contributed by atoms with Crippen molar-refractivity contribution in [1.82, 2.24) is 0 Å². The summed E-state index contributed by atoms with van der Waals surface area (Å²) in [6, 6.07) is 0. The van der Waals surface area contributed by atoms with Gasteiger partial charge in [0.2, 0.25) is 6.29 Å². The lowest BCUT2D eigenvalue weighted by Gasteiger charge is -2.39. The van der Waals surface area contributed by atoms with Crippen molar-refractivity contribution >= 4 is 5.97 Å². The van der Waals surface area contributed by atoms with E-state index in [-0.39, 0.29) is 5.57 Å². The Balaban J connectivity index is 2.72. The Kier molecular flexibility index (Phi) is 4.61. The Labute approximate surface area is 97.9 Å². The molecule has 1 saturated heterocycles.